The Kier molecular flexibility index (Phi) is 10.1. The van der Waals surface area contributed by atoms with Crippen molar-refractivity contribution in [3.63, 3.8) is 0 Å². The Bertz CT molecular complexity index is 1880. The van der Waals surface area contributed by atoms with E-state index in [0.717, 1.165) is 9.13 Å². The lowest BCUT2D eigenvalue weighted by atomic mass is 10.1. The molecule has 248 valence electrons. The van der Waals surface area contributed by atoms with Crippen LogP contribution in [0.25, 0.3) is 20.9 Å². The third-order valence-electron chi connectivity index (χ3n) is 7.47. The first kappa shape index (κ1) is 33.4. The fraction of sp³-hybridized carbons (Fsp3) is 0.462. The molecule has 6 atom stereocenters. The van der Waals surface area contributed by atoms with Crippen LogP contribution >= 0.6 is 7.82 Å². The SMILES string of the molecule is Cc1cn([C@H]2C[C@H](N=[N+]=[N-])[C@@H](COP(=O)(OC[C@H]3O[C@@H](n4cc(C)c(=O)[nH]c4=O)C[C@@H]3N=[N+]=[N-])Oc3ccccc3)O2)c(=O)[nH]c1=O. The minimum Gasteiger partial charge on any atom is -0.404 e. The number of aromatic amines is 2. The quantitative estimate of drug-likeness (QED) is 0.123. The van der Waals surface area contributed by atoms with Gasteiger partial charge in [0.15, 0.2) is 0 Å². The second kappa shape index (κ2) is 14.2. The Labute approximate surface area is 263 Å². The van der Waals surface area contributed by atoms with E-state index in [4.69, 9.17) is 34.1 Å². The number of nitrogens with zero attached hydrogens (tertiary/aromatic N) is 8. The van der Waals surface area contributed by atoms with Crippen LogP contribution in [0.2, 0.25) is 0 Å². The molecule has 21 heteroatoms. The lowest BCUT2D eigenvalue weighted by Gasteiger charge is -2.23. The number of hydrogen-bond donors (Lipinski definition) is 2. The van der Waals surface area contributed by atoms with Crippen molar-refractivity contribution in [2.75, 3.05) is 13.2 Å². The van der Waals surface area contributed by atoms with Gasteiger partial charge in [-0.2, -0.15) is 0 Å². The lowest BCUT2D eigenvalue weighted by Crippen LogP contribution is -2.33. The molecule has 1 aromatic carbocycles. The highest BCUT2D eigenvalue weighted by Gasteiger charge is 2.42. The Morgan fingerprint density at radius 2 is 1.28 bits per heavy atom. The minimum atomic E-state index is -4.53. The van der Waals surface area contributed by atoms with Gasteiger partial charge >= 0.3 is 19.2 Å². The first-order chi connectivity index (χ1) is 22.5. The molecule has 2 N–H and O–H groups in total. The maximum atomic E-state index is 14.0. The van der Waals surface area contributed by atoms with E-state index in [1.807, 2.05) is 0 Å². The van der Waals surface area contributed by atoms with E-state index in [9.17, 15) is 23.7 Å². The highest BCUT2D eigenvalue weighted by atomic mass is 31.2. The van der Waals surface area contributed by atoms with Crippen molar-refractivity contribution in [3.8, 4) is 5.75 Å². The van der Waals surface area contributed by atoms with Crippen molar-refractivity contribution < 1.29 is 27.6 Å². The monoisotopic (exact) mass is 672 g/mol. The highest BCUT2D eigenvalue weighted by Crippen LogP contribution is 2.51. The summed E-state index contributed by atoms with van der Waals surface area (Å²) in [4.78, 5) is 58.6. The van der Waals surface area contributed by atoms with Crippen molar-refractivity contribution in [2.24, 2.45) is 10.2 Å². The summed E-state index contributed by atoms with van der Waals surface area (Å²) in [5, 5.41) is 7.46. The molecule has 2 aromatic heterocycles. The predicted molar refractivity (Wildman–Crippen MR) is 162 cm³/mol. The number of ether oxygens (including phenoxy) is 2. The summed E-state index contributed by atoms with van der Waals surface area (Å²) in [5.74, 6) is 0.120. The molecule has 0 bridgehead atoms. The van der Waals surface area contributed by atoms with Crippen LogP contribution in [0.4, 0.5) is 0 Å². The van der Waals surface area contributed by atoms with Crippen LogP contribution in [-0.4, -0.2) is 56.6 Å². The average Bonchev–Trinajstić information content (AvgIpc) is 3.63. The van der Waals surface area contributed by atoms with Crippen LogP contribution in [-0.2, 0) is 23.1 Å². The summed E-state index contributed by atoms with van der Waals surface area (Å²) < 4.78 is 45.2. The maximum Gasteiger partial charge on any atom is 0.530 e. The van der Waals surface area contributed by atoms with Gasteiger partial charge in [-0.15, -0.1) is 0 Å². The van der Waals surface area contributed by atoms with Gasteiger partial charge in [0, 0.05) is 46.2 Å². The molecule has 3 aromatic rings. The fourth-order valence-electron chi connectivity index (χ4n) is 5.08. The number of H-pyrrole nitrogens is 2. The Balaban J connectivity index is 1.35. The normalized spacial score (nSPS) is 25.0. The Morgan fingerprint density at radius 3 is 1.70 bits per heavy atom. The molecular formula is C26H29N10O10P. The van der Waals surface area contributed by atoms with E-state index in [1.54, 1.807) is 18.2 Å². The van der Waals surface area contributed by atoms with Crippen molar-refractivity contribution in [1.82, 2.24) is 19.1 Å². The molecule has 2 fully saturated rings. The van der Waals surface area contributed by atoms with Gasteiger partial charge in [0.1, 0.15) is 18.2 Å². The molecule has 0 saturated carbocycles. The summed E-state index contributed by atoms with van der Waals surface area (Å²) in [7, 11) is -4.53. The van der Waals surface area contributed by atoms with Gasteiger partial charge < -0.3 is 14.0 Å². The van der Waals surface area contributed by atoms with E-state index >= 15 is 0 Å². The minimum absolute atomic E-state index is 0.0307. The number of benzene rings is 1. The summed E-state index contributed by atoms with van der Waals surface area (Å²) in [5.41, 5.74) is 16.2. The van der Waals surface area contributed by atoms with Crippen LogP contribution in [0.15, 0.2) is 72.1 Å². The van der Waals surface area contributed by atoms with Crippen molar-refractivity contribution in [3.05, 3.63) is 116 Å². The zero-order chi connectivity index (χ0) is 33.7. The van der Waals surface area contributed by atoms with Gasteiger partial charge in [-0.1, -0.05) is 28.4 Å². The largest absolute Gasteiger partial charge is 0.530 e. The molecule has 0 unspecified atom stereocenters. The average molecular weight is 673 g/mol. The van der Waals surface area contributed by atoms with E-state index in [2.05, 4.69) is 30.0 Å². The molecule has 4 heterocycles. The number of phosphoric acid groups is 1. The predicted octanol–water partition coefficient (Wildman–Crippen LogP) is 2.86. The standard InChI is InChI=1S/C26H29N10O10P/c1-14-10-35(25(39)29-23(14)37)21-8-17(31-33-27)19(44-21)12-42-47(41,46-16-6-4-3-5-7-16)43-13-20-18(32-34-28)9-22(45-20)36-11-15(2)24(38)30-26(36)40/h3-7,10-11,17-22H,8-9,12-13H2,1-2H3,(H,29,37,39)(H,30,38,40)/t17-,18-,19+,20+,21+,22+/m0/s1. The number of aromatic nitrogens is 4. The summed E-state index contributed by atoms with van der Waals surface area (Å²) in [6.07, 6.45) is -1.27. The number of rotatable bonds is 12. The molecule has 2 aliphatic heterocycles. The molecule has 0 radical (unpaired) electrons. The molecule has 47 heavy (non-hydrogen) atoms. The van der Waals surface area contributed by atoms with Crippen LogP contribution in [0.3, 0.4) is 0 Å². The third kappa shape index (κ3) is 7.73. The second-order valence-corrected chi connectivity index (χ2v) is 12.3. The summed E-state index contributed by atoms with van der Waals surface area (Å²) in [6, 6.07) is 6.21. The number of para-hydroxylation sites is 1. The van der Waals surface area contributed by atoms with Gasteiger partial charge in [-0.25, -0.2) is 14.2 Å². The molecule has 0 spiro atoms. The second-order valence-electron chi connectivity index (χ2n) is 10.7. The van der Waals surface area contributed by atoms with Gasteiger partial charge in [0.05, 0.1) is 37.5 Å². The van der Waals surface area contributed by atoms with Crippen LogP contribution in [0.1, 0.15) is 36.4 Å². The Morgan fingerprint density at radius 1 is 0.830 bits per heavy atom. The number of hydrogen-bond acceptors (Lipinski definition) is 12. The molecule has 2 saturated heterocycles. The van der Waals surface area contributed by atoms with Gasteiger partial charge in [0.25, 0.3) is 11.1 Å². The maximum absolute atomic E-state index is 14.0. The molecule has 0 amide bonds. The van der Waals surface area contributed by atoms with E-state index in [0.29, 0.717) is 0 Å². The number of azide groups is 2. The zero-order valence-electron chi connectivity index (χ0n) is 24.9. The zero-order valence-corrected chi connectivity index (χ0v) is 25.8. The Hall–Kier alpha value is -4.93. The van der Waals surface area contributed by atoms with Crippen molar-refractivity contribution in [2.45, 2.75) is 63.4 Å². The first-order valence-electron chi connectivity index (χ1n) is 14.2. The van der Waals surface area contributed by atoms with Crippen LogP contribution in [0.5, 0.6) is 5.75 Å². The molecular weight excluding hydrogens is 643 g/mol. The van der Waals surface area contributed by atoms with Crippen LogP contribution < -0.4 is 27.0 Å². The molecule has 20 nitrogen and oxygen atoms in total. The lowest BCUT2D eigenvalue weighted by molar-refractivity contribution is -0.0392. The fourth-order valence-corrected chi connectivity index (χ4v) is 6.30. The van der Waals surface area contributed by atoms with E-state index in [-0.39, 0.29) is 29.7 Å². The highest BCUT2D eigenvalue weighted by molar-refractivity contribution is 7.48. The van der Waals surface area contributed by atoms with Gasteiger partial charge in [0.2, 0.25) is 0 Å². The molecule has 2 aliphatic rings. The topological polar surface area (TPSA) is 270 Å². The van der Waals surface area contributed by atoms with E-state index in [1.165, 1.54) is 38.4 Å². The van der Waals surface area contributed by atoms with Gasteiger partial charge in [-0.05, 0) is 37.0 Å². The summed E-state index contributed by atoms with van der Waals surface area (Å²) in [6.45, 7) is 2.04. The van der Waals surface area contributed by atoms with Crippen molar-refractivity contribution >= 4 is 7.82 Å². The molecule has 0 aliphatic carbocycles. The van der Waals surface area contributed by atoms with Gasteiger partial charge in [-0.3, -0.25) is 37.7 Å². The number of aryl methyl sites for hydroxylation is 2. The molecule has 5 rings (SSSR count). The van der Waals surface area contributed by atoms with E-state index < -0.39 is 80.3 Å². The number of phosphoric ester groups is 1. The van der Waals surface area contributed by atoms with Crippen LogP contribution in [0, 0.1) is 13.8 Å². The smallest absolute Gasteiger partial charge is 0.404 e. The van der Waals surface area contributed by atoms with Crippen molar-refractivity contribution in [1.29, 1.82) is 0 Å². The third-order valence-corrected chi connectivity index (χ3v) is 8.84. The summed E-state index contributed by atoms with van der Waals surface area (Å²) >= 11 is 0. The number of nitrogens with one attached hydrogen (secondary N) is 2. The first-order valence-corrected chi connectivity index (χ1v) is 15.6.